The van der Waals surface area contributed by atoms with Crippen LogP contribution in [0.3, 0.4) is 0 Å². The number of nitrogens with zero attached hydrogens (tertiary/aromatic N) is 1. The molecule has 0 fully saturated rings. The third-order valence-electron chi connectivity index (χ3n) is 3.83. The van der Waals surface area contributed by atoms with Crippen molar-refractivity contribution in [2.24, 2.45) is 0 Å². The van der Waals surface area contributed by atoms with E-state index in [-0.39, 0.29) is 18.0 Å². The fraction of sp³-hybridized carbons (Fsp3) is 0.211. The Morgan fingerprint density at radius 1 is 0.905 bits per heavy atom. The molecule has 0 saturated heterocycles. The second-order valence-electron chi connectivity index (χ2n) is 5.12. The van der Waals surface area contributed by atoms with Crippen LogP contribution in [0.4, 0.5) is 0 Å². The lowest BCUT2D eigenvalue weighted by Crippen LogP contribution is -2.34. The maximum atomic E-state index is 12.3. The summed E-state index contributed by atoms with van der Waals surface area (Å²) in [6.45, 7) is 7.75. The van der Waals surface area contributed by atoms with Crippen molar-refractivity contribution in [1.29, 1.82) is 0 Å². The molecule has 0 aliphatic rings. The first kappa shape index (κ1) is 15.0. The van der Waals surface area contributed by atoms with Crippen molar-refractivity contribution in [2.75, 3.05) is 0 Å². The van der Waals surface area contributed by atoms with Crippen LogP contribution in [0, 0.1) is 0 Å². The van der Waals surface area contributed by atoms with E-state index in [0.717, 1.165) is 11.1 Å². The molecule has 2 rings (SSSR count). The Balaban J connectivity index is 2.35. The lowest BCUT2D eigenvalue weighted by atomic mass is 10.0. The summed E-state index contributed by atoms with van der Waals surface area (Å²) in [5, 5.41) is 0. The number of amides is 1. The van der Waals surface area contributed by atoms with Crippen LogP contribution in [-0.2, 0) is 4.79 Å². The minimum atomic E-state index is -0.0530. The molecule has 0 unspecified atom stereocenters. The van der Waals surface area contributed by atoms with Gasteiger partial charge in [0.2, 0.25) is 5.91 Å². The Morgan fingerprint density at radius 3 is 1.62 bits per heavy atom. The number of carbonyl (C=O) groups is 1. The van der Waals surface area contributed by atoms with E-state index in [1.807, 2.05) is 65.6 Å². The zero-order chi connectivity index (χ0) is 15.2. The van der Waals surface area contributed by atoms with Crippen molar-refractivity contribution in [3.8, 4) is 0 Å². The number of rotatable bonds is 5. The molecule has 0 spiro atoms. The summed E-state index contributed by atoms with van der Waals surface area (Å²) in [4.78, 5) is 14.2. The van der Waals surface area contributed by atoms with Gasteiger partial charge < -0.3 is 4.90 Å². The molecule has 2 nitrogen and oxygen atoms in total. The van der Waals surface area contributed by atoms with Gasteiger partial charge in [0.1, 0.15) is 0 Å². The van der Waals surface area contributed by atoms with Crippen LogP contribution in [0.1, 0.15) is 37.1 Å². The Kier molecular flexibility index (Phi) is 4.94. The van der Waals surface area contributed by atoms with Crippen LogP contribution in [0.2, 0.25) is 0 Å². The smallest absolute Gasteiger partial charge is 0.246 e. The van der Waals surface area contributed by atoms with Crippen molar-refractivity contribution in [1.82, 2.24) is 4.90 Å². The van der Waals surface area contributed by atoms with Gasteiger partial charge in [0.05, 0.1) is 12.1 Å². The minimum Gasteiger partial charge on any atom is -0.326 e. The maximum Gasteiger partial charge on any atom is 0.246 e. The lowest BCUT2D eigenvalue weighted by molar-refractivity contribution is -0.130. The summed E-state index contributed by atoms with van der Waals surface area (Å²) in [5.74, 6) is -0.0530. The van der Waals surface area contributed by atoms with E-state index < -0.39 is 0 Å². The molecule has 2 aromatic carbocycles. The third-order valence-corrected chi connectivity index (χ3v) is 3.83. The first-order chi connectivity index (χ1) is 10.1. The molecule has 0 aromatic heterocycles. The van der Waals surface area contributed by atoms with Gasteiger partial charge in [-0.3, -0.25) is 4.79 Å². The summed E-state index contributed by atoms with van der Waals surface area (Å²) in [7, 11) is 0. The third kappa shape index (κ3) is 3.40. The number of hydrogen-bond donors (Lipinski definition) is 0. The molecule has 21 heavy (non-hydrogen) atoms. The first-order valence-corrected chi connectivity index (χ1v) is 7.19. The van der Waals surface area contributed by atoms with Gasteiger partial charge in [0.15, 0.2) is 0 Å². The van der Waals surface area contributed by atoms with Crippen molar-refractivity contribution in [2.45, 2.75) is 25.9 Å². The highest BCUT2D eigenvalue weighted by Crippen LogP contribution is 2.30. The standard InChI is InChI=1S/C19H21NO/c1-4-19(21)20(15(2)17-11-7-5-8-12-17)16(3)18-13-9-6-10-14-18/h4-16H,1H2,2-3H3/t15-,16-/m0/s1. The van der Waals surface area contributed by atoms with E-state index in [4.69, 9.17) is 0 Å². The molecule has 0 aliphatic carbocycles. The highest BCUT2D eigenvalue weighted by Gasteiger charge is 2.25. The first-order valence-electron chi connectivity index (χ1n) is 7.19. The van der Waals surface area contributed by atoms with E-state index in [0.29, 0.717) is 0 Å². The normalized spacial score (nSPS) is 13.2. The summed E-state index contributed by atoms with van der Waals surface area (Å²) in [6, 6.07) is 20.1. The Labute approximate surface area is 126 Å². The van der Waals surface area contributed by atoms with Gasteiger partial charge in [-0.1, -0.05) is 67.2 Å². The molecule has 0 aliphatic heterocycles. The van der Waals surface area contributed by atoms with E-state index in [1.54, 1.807) is 0 Å². The van der Waals surface area contributed by atoms with Gasteiger partial charge >= 0.3 is 0 Å². The van der Waals surface area contributed by atoms with Crippen molar-refractivity contribution >= 4 is 5.91 Å². The molecule has 1 amide bonds. The van der Waals surface area contributed by atoms with Crippen molar-refractivity contribution in [3.05, 3.63) is 84.4 Å². The van der Waals surface area contributed by atoms with Gasteiger partial charge in [-0.05, 0) is 31.1 Å². The Bertz CT molecular complexity index is 546. The molecule has 0 saturated carbocycles. The van der Waals surface area contributed by atoms with Crippen LogP contribution >= 0.6 is 0 Å². The predicted octanol–water partition coefficient (Wildman–Crippen LogP) is 4.52. The van der Waals surface area contributed by atoms with Crippen LogP contribution in [-0.4, -0.2) is 10.8 Å². The molecule has 0 heterocycles. The van der Waals surface area contributed by atoms with Crippen LogP contribution in [0.15, 0.2) is 73.3 Å². The van der Waals surface area contributed by atoms with Crippen molar-refractivity contribution < 1.29 is 4.79 Å². The van der Waals surface area contributed by atoms with Crippen LogP contribution in [0.5, 0.6) is 0 Å². The summed E-state index contributed by atoms with van der Waals surface area (Å²) in [6.07, 6.45) is 1.39. The fourth-order valence-corrected chi connectivity index (χ4v) is 2.61. The molecule has 0 N–H and O–H groups in total. The molecule has 0 bridgehead atoms. The van der Waals surface area contributed by atoms with Crippen LogP contribution in [0.25, 0.3) is 0 Å². The SMILES string of the molecule is C=CC(=O)N([C@@H](C)c1ccccc1)[C@@H](C)c1ccccc1. The van der Waals surface area contributed by atoms with Crippen molar-refractivity contribution in [3.63, 3.8) is 0 Å². The quantitative estimate of drug-likeness (QED) is 0.737. The van der Waals surface area contributed by atoms with E-state index in [9.17, 15) is 4.79 Å². The molecule has 2 atom stereocenters. The van der Waals surface area contributed by atoms with Crippen LogP contribution < -0.4 is 0 Å². The fourth-order valence-electron chi connectivity index (χ4n) is 2.61. The molecule has 2 heteroatoms. The highest BCUT2D eigenvalue weighted by atomic mass is 16.2. The average molecular weight is 279 g/mol. The molecular weight excluding hydrogens is 258 g/mol. The molecular formula is C19H21NO. The minimum absolute atomic E-state index is 0.00749. The Hall–Kier alpha value is -2.35. The maximum absolute atomic E-state index is 12.3. The van der Waals surface area contributed by atoms with E-state index >= 15 is 0 Å². The molecule has 108 valence electrons. The summed E-state index contributed by atoms with van der Waals surface area (Å²) in [5.41, 5.74) is 2.24. The zero-order valence-electron chi connectivity index (χ0n) is 12.6. The zero-order valence-corrected chi connectivity index (χ0v) is 12.6. The summed E-state index contributed by atoms with van der Waals surface area (Å²) >= 11 is 0. The van der Waals surface area contributed by atoms with Gasteiger partial charge in [-0.2, -0.15) is 0 Å². The van der Waals surface area contributed by atoms with Gasteiger partial charge in [-0.25, -0.2) is 0 Å². The molecule has 0 radical (unpaired) electrons. The second-order valence-corrected chi connectivity index (χ2v) is 5.12. The Morgan fingerprint density at radius 2 is 1.29 bits per heavy atom. The van der Waals surface area contributed by atoms with Gasteiger partial charge in [0.25, 0.3) is 0 Å². The largest absolute Gasteiger partial charge is 0.326 e. The van der Waals surface area contributed by atoms with Gasteiger partial charge in [0, 0.05) is 0 Å². The van der Waals surface area contributed by atoms with E-state index in [2.05, 4.69) is 20.4 Å². The monoisotopic (exact) mass is 279 g/mol. The van der Waals surface area contributed by atoms with Gasteiger partial charge in [-0.15, -0.1) is 0 Å². The lowest BCUT2D eigenvalue weighted by Gasteiger charge is -2.34. The predicted molar refractivity (Wildman–Crippen MR) is 86.8 cm³/mol. The second kappa shape index (κ2) is 6.89. The van der Waals surface area contributed by atoms with E-state index in [1.165, 1.54) is 6.08 Å². The number of carbonyl (C=O) groups excluding carboxylic acids is 1. The average Bonchev–Trinajstić information content (AvgIpc) is 2.56. The molecule has 2 aromatic rings. The number of hydrogen-bond acceptors (Lipinski definition) is 1. The summed E-state index contributed by atoms with van der Waals surface area (Å²) < 4.78 is 0. The topological polar surface area (TPSA) is 20.3 Å². The highest BCUT2D eigenvalue weighted by molar-refractivity contribution is 5.87. The number of benzene rings is 2.